The van der Waals surface area contributed by atoms with Gasteiger partial charge in [-0.3, -0.25) is 29.0 Å². The number of imide groups is 2. The number of hydrogen-bond acceptors (Lipinski definition) is 6. The topological polar surface area (TPSA) is 81.2 Å². The van der Waals surface area contributed by atoms with Gasteiger partial charge in [0.2, 0.25) is 23.6 Å². The zero-order valence-electron chi connectivity index (χ0n) is 18.5. The molecule has 0 spiro atoms. The Balaban J connectivity index is 1.20. The van der Waals surface area contributed by atoms with Crippen molar-refractivity contribution in [2.24, 2.45) is 35.5 Å². The Morgan fingerprint density at radius 3 is 1.16 bits per heavy atom. The number of carbonyl (C=O) groups excluding carboxylic acids is 4. The third-order valence-electron chi connectivity index (χ3n) is 8.87. The molecule has 8 nitrogen and oxygen atoms in total. The number of nitrogens with zero attached hydrogens (tertiary/aromatic N) is 4. The minimum absolute atomic E-state index is 0.132. The summed E-state index contributed by atoms with van der Waals surface area (Å²) in [6, 6.07) is 0. The molecule has 4 saturated heterocycles. The Hall–Kier alpha value is -2.06. The van der Waals surface area contributed by atoms with E-state index < -0.39 is 23.7 Å². The summed E-state index contributed by atoms with van der Waals surface area (Å²) in [6.07, 6.45) is 8.59. The van der Waals surface area contributed by atoms with Crippen LogP contribution in [0.1, 0.15) is 25.7 Å². The van der Waals surface area contributed by atoms with E-state index >= 15 is 0 Å². The maximum atomic E-state index is 13.3. The van der Waals surface area contributed by atoms with Crippen LogP contribution in [-0.2, 0) is 19.2 Å². The minimum Gasteiger partial charge on any atom is -0.302 e. The highest BCUT2D eigenvalue weighted by Crippen LogP contribution is 2.57. The van der Waals surface area contributed by atoms with Crippen LogP contribution in [0.2, 0.25) is 0 Å². The van der Waals surface area contributed by atoms with Crippen LogP contribution in [0.4, 0.5) is 0 Å². The third kappa shape index (κ3) is 2.95. The van der Waals surface area contributed by atoms with Crippen LogP contribution >= 0.6 is 0 Å². The van der Waals surface area contributed by atoms with Gasteiger partial charge in [-0.15, -0.1) is 0 Å². The SMILES string of the molecule is O=C1C2C3C=CC(C2C(=O)N1CCN1CCCC1)C1C(=O)N(CCN2CCCC2)C(=O)C31. The van der Waals surface area contributed by atoms with Crippen molar-refractivity contribution in [3.8, 4) is 0 Å². The third-order valence-corrected chi connectivity index (χ3v) is 8.87. The first-order chi connectivity index (χ1) is 15.6. The Labute approximate surface area is 188 Å². The van der Waals surface area contributed by atoms with Crippen molar-refractivity contribution in [2.45, 2.75) is 25.7 Å². The molecule has 1 saturated carbocycles. The van der Waals surface area contributed by atoms with E-state index in [1.54, 1.807) is 0 Å². The molecule has 0 N–H and O–H groups in total. The molecule has 4 heterocycles. The molecule has 0 radical (unpaired) electrons. The fraction of sp³-hybridized carbons (Fsp3) is 0.750. The summed E-state index contributed by atoms with van der Waals surface area (Å²) in [7, 11) is 0. The van der Waals surface area contributed by atoms with Crippen LogP contribution in [0.5, 0.6) is 0 Å². The fourth-order valence-corrected chi connectivity index (χ4v) is 7.29. The molecular weight excluding hydrogens is 408 g/mol. The van der Waals surface area contributed by atoms with Crippen molar-refractivity contribution in [1.82, 2.24) is 19.6 Å². The minimum atomic E-state index is -0.479. The van der Waals surface area contributed by atoms with E-state index in [0.717, 1.165) is 26.2 Å². The van der Waals surface area contributed by atoms with Gasteiger partial charge in [-0.05, 0) is 51.9 Å². The van der Waals surface area contributed by atoms with Gasteiger partial charge in [-0.2, -0.15) is 0 Å². The van der Waals surface area contributed by atoms with Gasteiger partial charge in [0, 0.05) is 38.0 Å². The van der Waals surface area contributed by atoms with Crippen molar-refractivity contribution in [3.63, 3.8) is 0 Å². The lowest BCUT2D eigenvalue weighted by atomic mass is 9.54. The number of hydrogen-bond donors (Lipinski definition) is 0. The highest BCUT2D eigenvalue weighted by Gasteiger charge is 2.68. The van der Waals surface area contributed by atoms with Crippen LogP contribution in [0.3, 0.4) is 0 Å². The highest BCUT2D eigenvalue weighted by molar-refractivity contribution is 6.10. The fourth-order valence-electron chi connectivity index (χ4n) is 7.29. The van der Waals surface area contributed by atoms with Gasteiger partial charge in [0.1, 0.15) is 0 Å². The molecule has 0 aromatic rings. The molecule has 4 unspecified atom stereocenters. The van der Waals surface area contributed by atoms with Crippen LogP contribution in [-0.4, -0.2) is 95.6 Å². The Morgan fingerprint density at radius 1 is 0.531 bits per heavy atom. The second-order valence-corrected chi connectivity index (χ2v) is 10.4. The first-order valence-corrected chi connectivity index (χ1v) is 12.4. The van der Waals surface area contributed by atoms with E-state index in [0.29, 0.717) is 26.2 Å². The lowest BCUT2D eigenvalue weighted by Crippen LogP contribution is -2.50. The van der Waals surface area contributed by atoms with Crippen LogP contribution in [0.15, 0.2) is 12.2 Å². The molecule has 172 valence electrons. The Kier molecular flexibility index (Phi) is 4.98. The number of rotatable bonds is 6. The van der Waals surface area contributed by atoms with Gasteiger partial charge in [0.25, 0.3) is 0 Å². The van der Waals surface area contributed by atoms with Crippen LogP contribution in [0.25, 0.3) is 0 Å². The van der Waals surface area contributed by atoms with Crippen molar-refractivity contribution >= 4 is 23.6 Å². The van der Waals surface area contributed by atoms with Gasteiger partial charge < -0.3 is 9.80 Å². The largest absolute Gasteiger partial charge is 0.302 e. The molecule has 4 amide bonds. The summed E-state index contributed by atoms with van der Waals surface area (Å²) >= 11 is 0. The number of likely N-dealkylation sites (tertiary alicyclic amines) is 4. The van der Waals surface area contributed by atoms with Gasteiger partial charge in [-0.25, -0.2) is 0 Å². The normalized spacial score (nSPS) is 39.1. The van der Waals surface area contributed by atoms with E-state index in [2.05, 4.69) is 9.80 Å². The quantitative estimate of drug-likeness (QED) is 0.434. The lowest BCUT2D eigenvalue weighted by Gasteiger charge is -2.44. The zero-order valence-corrected chi connectivity index (χ0v) is 18.5. The molecule has 4 atom stereocenters. The zero-order chi connectivity index (χ0) is 22.0. The Bertz CT molecular complexity index is 761. The van der Waals surface area contributed by atoms with Crippen molar-refractivity contribution in [2.75, 3.05) is 52.4 Å². The second kappa shape index (κ2) is 7.76. The van der Waals surface area contributed by atoms with Gasteiger partial charge in [-0.1, -0.05) is 12.2 Å². The summed E-state index contributed by atoms with van der Waals surface area (Å²) in [5.74, 6) is -3.12. The average Bonchev–Trinajstić information content (AvgIpc) is 3.58. The standard InChI is InChI=1S/C24H32N4O4/c29-21-17-15-5-6-16(18(17)22(30)27(21)13-11-25-7-1-2-8-25)20-19(15)23(31)28(24(20)32)14-12-26-9-3-4-10-26/h5-6,15-20H,1-4,7-14H2. The van der Waals surface area contributed by atoms with Gasteiger partial charge >= 0.3 is 0 Å². The number of carbonyl (C=O) groups is 4. The Morgan fingerprint density at radius 2 is 0.844 bits per heavy atom. The molecule has 7 aliphatic rings. The summed E-state index contributed by atoms with van der Waals surface area (Å²) in [5.41, 5.74) is 0. The van der Waals surface area contributed by atoms with Crippen molar-refractivity contribution in [1.29, 1.82) is 0 Å². The van der Waals surface area contributed by atoms with E-state index in [-0.39, 0.29) is 35.5 Å². The first kappa shape index (κ1) is 20.5. The van der Waals surface area contributed by atoms with Crippen molar-refractivity contribution < 1.29 is 19.2 Å². The summed E-state index contributed by atoms with van der Waals surface area (Å²) < 4.78 is 0. The molecule has 2 bridgehead atoms. The monoisotopic (exact) mass is 440 g/mol. The molecule has 7 rings (SSSR count). The summed E-state index contributed by atoms with van der Waals surface area (Å²) in [6.45, 7) is 6.37. The lowest BCUT2D eigenvalue weighted by molar-refractivity contribution is -0.140. The van der Waals surface area contributed by atoms with E-state index in [9.17, 15) is 19.2 Å². The number of allylic oxidation sites excluding steroid dienone is 2. The molecule has 0 aromatic heterocycles. The van der Waals surface area contributed by atoms with Crippen LogP contribution in [0, 0.1) is 35.5 Å². The molecule has 4 aliphatic heterocycles. The van der Waals surface area contributed by atoms with E-state index in [4.69, 9.17) is 0 Å². The predicted octanol–water partition coefficient (Wildman–Crippen LogP) is 0.196. The molecule has 5 fully saturated rings. The first-order valence-electron chi connectivity index (χ1n) is 12.4. The highest BCUT2D eigenvalue weighted by atomic mass is 16.2. The van der Waals surface area contributed by atoms with Gasteiger partial charge in [0.15, 0.2) is 0 Å². The molecular formula is C24H32N4O4. The predicted molar refractivity (Wildman–Crippen MR) is 115 cm³/mol. The van der Waals surface area contributed by atoms with Crippen molar-refractivity contribution in [3.05, 3.63) is 12.2 Å². The van der Waals surface area contributed by atoms with E-state index in [1.807, 2.05) is 12.2 Å². The van der Waals surface area contributed by atoms with Crippen LogP contribution < -0.4 is 0 Å². The average molecular weight is 441 g/mol. The maximum Gasteiger partial charge on any atom is 0.233 e. The maximum absolute atomic E-state index is 13.3. The van der Waals surface area contributed by atoms with E-state index in [1.165, 1.54) is 35.5 Å². The molecule has 8 heteroatoms. The number of amides is 4. The molecule has 32 heavy (non-hydrogen) atoms. The second-order valence-electron chi connectivity index (χ2n) is 10.4. The van der Waals surface area contributed by atoms with Gasteiger partial charge in [0.05, 0.1) is 23.7 Å². The summed E-state index contributed by atoms with van der Waals surface area (Å²) in [5, 5.41) is 0. The molecule has 0 aromatic carbocycles. The summed E-state index contributed by atoms with van der Waals surface area (Å²) in [4.78, 5) is 60.8. The smallest absolute Gasteiger partial charge is 0.233 e. The molecule has 3 aliphatic carbocycles.